The average Bonchev–Trinajstić information content (AvgIpc) is 2.69. The lowest BCUT2D eigenvalue weighted by molar-refractivity contribution is 0.299. The van der Waals surface area contributed by atoms with Crippen molar-refractivity contribution < 1.29 is 17.5 Å². The van der Waals surface area contributed by atoms with Crippen LogP contribution in [0.2, 0.25) is 0 Å². The summed E-state index contributed by atoms with van der Waals surface area (Å²) in [7, 11) is -3.74. The Kier molecular flexibility index (Phi) is 5.83. The van der Waals surface area contributed by atoms with E-state index in [2.05, 4.69) is 9.93 Å². The minimum absolute atomic E-state index is 0.0489. The minimum atomic E-state index is -3.74. The first-order valence-corrected chi connectivity index (χ1v) is 9.60. The quantitative estimate of drug-likeness (QED) is 0.499. The van der Waals surface area contributed by atoms with E-state index in [1.165, 1.54) is 24.4 Å². The predicted molar refractivity (Wildman–Crippen MR) is 102 cm³/mol. The van der Waals surface area contributed by atoms with Gasteiger partial charge in [0.05, 0.1) is 11.1 Å². The molecule has 0 aliphatic rings. The molecule has 7 heteroatoms. The van der Waals surface area contributed by atoms with E-state index in [1.807, 2.05) is 0 Å². The lowest BCUT2D eigenvalue weighted by atomic mass is 10.2. The topological polar surface area (TPSA) is 67.8 Å². The Balaban J connectivity index is 1.71. The molecule has 0 aromatic heterocycles. The van der Waals surface area contributed by atoms with Crippen LogP contribution in [0, 0.1) is 5.82 Å². The van der Waals surface area contributed by atoms with Crippen molar-refractivity contribution in [2.45, 2.75) is 11.5 Å². The maximum atomic E-state index is 13.7. The van der Waals surface area contributed by atoms with Crippen molar-refractivity contribution >= 4 is 16.2 Å². The Bertz CT molecular complexity index is 1040. The summed E-state index contributed by atoms with van der Waals surface area (Å²) in [6.07, 6.45) is 1.34. The van der Waals surface area contributed by atoms with Gasteiger partial charge in [0.15, 0.2) is 0 Å². The van der Waals surface area contributed by atoms with Crippen LogP contribution in [-0.2, 0) is 16.6 Å². The zero-order chi connectivity index (χ0) is 19.1. The van der Waals surface area contributed by atoms with Gasteiger partial charge in [-0.05, 0) is 30.3 Å². The summed E-state index contributed by atoms with van der Waals surface area (Å²) >= 11 is 0. The molecule has 5 nitrogen and oxygen atoms in total. The summed E-state index contributed by atoms with van der Waals surface area (Å²) in [6.45, 7) is 0.0489. The first-order valence-electron chi connectivity index (χ1n) is 8.11. The van der Waals surface area contributed by atoms with E-state index in [4.69, 9.17) is 4.74 Å². The van der Waals surface area contributed by atoms with Gasteiger partial charge >= 0.3 is 0 Å². The Morgan fingerprint density at radius 2 is 1.59 bits per heavy atom. The molecule has 0 saturated carbocycles. The van der Waals surface area contributed by atoms with Crippen LogP contribution in [0.5, 0.6) is 5.75 Å². The van der Waals surface area contributed by atoms with Crippen molar-refractivity contribution in [2.24, 2.45) is 5.10 Å². The SMILES string of the molecule is O=S(=O)(N/N=C/c1ccccc1OCc1ccccc1F)c1ccccc1. The largest absolute Gasteiger partial charge is 0.488 e. The average molecular weight is 384 g/mol. The Labute approximate surface area is 157 Å². The summed E-state index contributed by atoms with van der Waals surface area (Å²) in [6, 6.07) is 21.2. The monoisotopic (exact) mass is 384 g/mol. The predicted octanol–water partition coefficient (Wildman–Crippen LogP) is 3.72. The number of nitrogens with zero attached hydrogens (tertiary/aromatic N) is 1. The van der Waals surface area contributed by atoms with Gasteiger partial charge in [-0.25, -0.2) is 9.22 Å². The van der Waals surface area contributed by atoms with Crippen LogP contribution >= 0.6 is 0 Å². The van der Waals surface area contributed by atoms with Gasteiger partial charge in [0.25, 0.3) is 10.0 Å². The lowest BCUT2D eigenvalue weighted by Crippen LogP contribution is -2.18. The normalized spacial score (nSPS) is 11.4. The van der Waals surface area contributed by atoms with Gasteiger partial charge in [0.1, 0.15) is 18.2 Å². The van der Waals surface area contributed by atoms with Crippen molar-refractivity contribution in [2.75, 3.05) is 0 Å². The van der Waals surface area contributed by atoms with Crippen molar-refractivity contribution in [1.82, 2.24) is 4.83 Å². The highest BCUT2D eigenvalue weighted by atomic mass is 32.2. The molecule has 1 N–H and O–H groups in total. The van der Waals surface area contributed by atoms with Crippen molar-refractivity contribution in [1.29, 1.82) is 0 Å². The Morgan fingerprint density at radius 1 is 0.926 bits per heavy atom. The molecule has 27 heavy (non-hydrogen) atoms. The molecule has 0 amide bonds. The number of nitrogens with one attached hydrogen (secondary N) is 1. The molecule has 0 bridgehead atoms. The molecule has 0 aliphatic carbocycles. The number of para-hydroxylation sites is 1. The molecule has 0 unspecified atom stereocenters. The van der Waals surface area contributed by atoms with Gasteiger partial charge in [-0.2, -0.15) is 13.5 Å². The van der Waals surface area contributed by atoms with Crippen molar-refractivity contribution in [3.05, 3.63) is 95.8 Å². The van der Waals surface area contributed by atoms with Crippen LogP contribution < -0.4 is 9.57 Å². The molecule has 0 radical (unpaired) electrons. The molecule has 0 atom stereocenters. The highest BCUT2D eigenvalue weighted by Crippen LogP contribution is 2.18. The van der Waals surface area contributed by atoms with E-state index in [1.54, 1.807) is 60.7 Å². The molecule has 0 saturated heterocycles. The molecular formula is C20H17FN2O3S. The Hall–Kier alpha value is -3.19. The summed E-state index contributed by atoms with van der Waals surface area (Å²) < 4.78 is 43.7. The van der Waals surface area contributed by atoms with Crippen LogP contribution in [0.15, 0.2) is 88.9 Å². The second kappa shape index (κ2) is 8.46. The molecule has 0 fully saturated rings. The van der Waals surface area contributed by atoms with Crippen LogP contribution in [0.3, 0.4) is 0 Å². The van der Waals surface area contributed by atoms with Gasteiger partial charge in [-0.3, -0.25) is 0 Å². The van der Waals surface area contributed by atoms with E-state index in [9.17, 15) is 12.8 Å². The van der Waals surface area contributed by atoms with Gasteiger partial charge < -0.3 is 4.74 Å². The molecule has 3 aromatic rings. The summed E-state index contributed by atoms with van der Waals surface area (Å²) in [5.74, 6) is 0.114. The van der Waals surface area contributed by atoms with E-state index in [0.29, 0.717) is 16.9 Å². The summed E-state index contributed by atoms with van der Waals surface area (Å²) in [5.41, 5.74) is 0.985. The summed E-state index contributed by atoms with van der Waals surface area (Å²) in [5, 5.41) is 3.81. The lowest BCUT2D eigenvalue weighted by Gasteiger charge is -2.09. The van der Waals surface area contributed by atoms with Crippen molar-refractivity contribution in [3.63, 3.8) is 0 Å². The van der Waals surface area contributed by atoms with E-state index >= 15 is 0 Å². The van der Waals surface area contributed by atoms with Crippen molar-refractivity contribution in [3.8, 4) is 5.75 Å². The van der Waals surface area contributed by atoms with Crippen LogP contribution in [0.1, 0.15) is 11.1 Å². The number of hydrogen-bond donors (Lipinski definition) is 1. The molecule has 138 valence electrons. The molecule has 3 rings (SSSR count). The van der Waals surface area contributed by atoms with E-state index in [0.717, 1.165) is 0 Å². The molecule has 0 heterocycles. The van der Waals surface area contributed by atoms with Gasteiger partial charge in [-0.15, -0.1) is 0 Å². The van der Waals surface area contributed by atoms with Gasteiger partial charge in [-0.1, -0.05) is 48.5 Å². The van der Waals surface area contributed by atoms with Crippen LogP contribution in [0.4, 0.5) is 4.39 Å². The van der Waals surface area contributed by atoms with Gasteiger partial charge in [0, 0.05) is 11.1 Å². The first kappa shape index (κ1) is 18.6. The molecule has 0 aliphatic heterocycles. The Morgan fingerprint density at radius 3 is 2.37 bits per heavy atom. The molecular weight excluding hydrogens is 367 g/mol. The fourth-order valence-electron chi connectivity index (χ4n) is 2.31. The minimum Gasteiger partial charge on any atom is -0.488 e. The first-order chi connectivity index (χ1) is 13.1. The fraction of sp³-hybridized carbons (Fsp3) is 0.0500. The number of rotatable bonds is 7. The standard InChI is InChI=1S/C20H17FN2O3S/c21-19-12-6-4-9-17(19)15-26-20-13-7-5-8-16(20)14-22-23-27(24,25)18-10-2-1-3-11-18/h1-14,23H,15H2/b22-14+. The number of ether oxygens (including phenoxy) is 1. The maximum absolute atomic E-state index is 13.7. The second-order valence-electron chi connectivity index (χ2n) is 5.58. The number of hydrazone groups is 1. The van der Waals surface area contributed by atoms with E-state index in [-0.39, 0.29) is 17.3 Å². The molecule has 3 aromatic carbocycles. The smallest absolute Gasteiger partial charge is 0.276 e. The molecule has 0 spiro atoms. The third-order valence-corrected chi connectivity index (χ3v) is 4.93. The zero-order valence-corrected chi connectivity index (χ0v) is 15.1. The van der Waals surface area contributed by atoms with Crippen LogP contribution in [-0.4, -0.2) is 14.6 Å². The fourth-order valence-corrected chi connectivity index (χ4v) is 3.12. The number of benzene rings is 3. The zero-order valence-electron chi connectivity index (χ0n) is 14.2. The highest BCUT2D eigenvalue weighted by molar-refractivity contribution is 7.89. The number of hydrogen-bond acceptors (Lipinski definition) is 4. The van der Waals surface area contributed by atoms with Gasteiger partial charge in [0.2, 0.25) is 0 Å². The third kappa shape index (κ3) is 4.92. The van der Waals surface area contributed by atoms with E-state index < -0.39 is 10.0 Å². The number of sulfonamides is 1. The highest BCUT2D eigenvalue weighted by Gasteiger charge is 2.11. The summed E-state index contributed by atoms with van der Waals surface area (Å²) in [4.78, 5) is 2.28. The maximum Gasteiger partial charge on any atom is 0.276 e. The number of halogens is 1. The second-order valence-corrected chi connectivity index (χ2v) is 7.24. The third-order valence-electron chi connectivity index (χ3n) is 3.69. The van der Waals surface area contributed by atoms with Crippen LogP contribution in [0.25, 0.3) is 0 Å².